The fourth-order valence-electron chi connectivity index (χ4n) is 2.72. The van der Waals surface area contributed by atoms with Gasteiger partial charge in [-0.25, -0.2) is 4.79 Å². The van der Waals surface area contributed by atoms with E-state index in [-0.39, 0.29) is 0 Å². The summed E-state index contributed by atoms with van der Waals surface area (Å²) < 4.78 is 0. The first-order valence-electron chi connectivity index (χ1n) is 6.31. The van der Waals surface area contributed by atoms with Gasteiger partial charge in [0.15, 0.2) is 0 Å². The van der Waals surface area contributed by atoms with Gasteiger partial charge in [0.25, 0.3) is 0 Å². The lowest BCUT2D eigenvalue weighted by Gasteiger charge is -2.08. The van der Waals surface area contributed by atoms with Gasteiger partial charge in [-0.1, -0.05) is 18.2 Å². The fourth-order valence-corrected chi connectivity index (χ4v) is 2.72. The van der Waals surface area contributed by atoms with Gasteiger partial charge >= 0.3 is 5.97 Å². The molecule has 1 fully saturated rings. The molecule has 1 aromatic rings. The lowest BCUT2D eigenvalue weighted by Crippen LogP contribution is -1.95. The molecule has 3 rings (SSSR count). The summed E-state index contributed by atoms with van der Waals surface area (Å²) in [6, 6.07) is 6.47. The minimum atomic E-state index is -0.826. The van der Waals surface area contributed by atoms with E-state index in [1.807, 2.05) is 0 Å². The molecule has 0 unspecified atom stereocenters. The van der Waals surface area contributed by atoms with Crippen molar-refractivity contribution >= 4 is 11.5 Å². The summed E-state index contributed by atoms with van der Waals surface area (Å²) in [5.74, 6) is -0.349. The molecule has 0 saturated heterocycles. The number of benzene rings is 1. The van der Waals surface area contributed by atoms with Crippen LogP contribution < -0.4 is 0 Å². The van der Waals surface area contributed by atoms with Crippen molar-refractivity contribution in [3.05, 3.63) is 41.0 Å². The SMILES string of the molecule is O=C(O)/C=C(/c1ccc2c(c1)CCC2)C1CC1. The van der Waals surface area contributed by atoms with Gasteiger partial charge in [-0.2, -0.15) is 0 Å². The summed E-state index contributed by atoms with van der Waals surface area (Å²) in [6.45, 7) is 0. The number of carboxylic acid groups (broad SMARTS) is 1. The van der Waals surface area contributed by atoms with E-state index in [1.165, 1.54) is 30.0 Å². The minimum Gasteiger partial charge on any atom is -0.478 e. The molecule has 1 aromatic carbocycles. The number of hydrogen-bond donors (Lipinski definition) is 1. The van der Waals surface area contributed by atoms with Crippen molar-refractivity contribution in [2.45, 2.75) is 32.1 Å². The van der Waals surface area contributed by atoms with E-state index in [0.717, 1.165) is 30.4 Å². The predicted octanol–water partition coefficient (Wildman–Crippen LogP) is 3.05. The van der Waals surface area contributed by atoms with Gasteiger partial charge < -0.3 is 5.11 Å². The van der Waals surface area contributed by atoms with E-state index in [9.17, 15) is 4.79 Å². The number of aryl methyl sites for hydroxylation is 2. The van der Waals surface area contributed by atoms with Crippen molar-refractivity contribution in [1.29, 1.82) is 0 Å². The Morgan fingerprint density at radius 3 is 2.71 bits per heavy atom. The smallest absolute Gasteiger partial charge is 0.328 e. The van der Waals surface area contributed by atoms with Crippen LogP contribution in [0.15, 0.2) is 24.3 Å². The summed E-state index contributed by atoms with van der Waals surface area (Å²) in [7, 11) is 0. The maximum Gasteiger partial charge on any atom is 0.328 e. The molecular weight excluding hydrogens is 212 g/mol. The third-order valence-corrected chi connectivity index (χ3v) is 3.73. The van der Waals surface area contributed by atoms with Gasteiger partial charge in [0.1, 0.15) is 0 Å². The van der Waals surface area contributed by atoms with Gasteiger partial charge in [-0.3, -0.25) is 0 Å². The zero-order chi connectivity index (χ0) is 11.8. The molecule has 0 radical (unpaired) electrons. The Hall–Kier alpha value is -1.57. The van der Waals surface area contributed by atoms with Crippen LogP contribution >= 0.6 is 0 Å². The highest BCUT2D eigenvalue weighted by Crippen LogP contribution is 2.42. The number of carbonyl (C=O) groups is 1. The molecular formula is C15H16O2. The lowest BCUT2D eigenvalue weighted by atomic mass is 9.97. The summed E-state index contributed by atoms with van der Waals surface area (Å²) in [5.41, 5.74) is 5.00. The number of fused-ring (bicyclic) bond motifs is 1. The molecule has 0 bridgehead atoms. The molecule has 2 aliphatic carbocycles. The van der Waals surface area contributed by atoms with E-state index in [2.05, 4.69) is 18.2 Å². The second-order valence-corrected chi connectivity index (χ2v) is 5.05. The molecule has 2 aliphatic rings. The Labute approximate surface area is 101 Å². The summed E-state index contributed by atoms with van der Waals surface area (Å²) in [4.78, 5) is 10.9. The van der Waals surface area contributed by atoms with Crippen molar-refractivity contribution in [2.24, 2.45) is 5.92 Å². The second kappa shape index (κ2) is 4.02. The van der Waals surface area contributed by atoms with E-state index in [4.69, 9.17) is 5.11 Å². The van der Waals surface area contributed by atoms with Crippen LogP contribution in [0, 0.1) is 5.92 Å². The normalized spacial score (nSPS) is 19.2. The third-order valence-electron chi connectivity index (χ3n) is 3.73. The molecule has 0 spiro atoms. The molecule has 2 nitrogen and oxygen atoms in total. The molecule has 1 N–H and O–H groups in total. The first-order valence-corrected chi connectivity index (χ1v) is 6.31. The standard InChI is InChI=1S/C15H16O2/c16-15(17)9-14(11-5-6-11)13-7-4-10-2-1-3-12(10)8-13/h4,7-9,11H,1-3,5-6H2,(H,16,17)/b14-9+. The molecule has 17 heavy (non-hydrogen) atoms. The highest BCUT2D eigenvalue weighted by molar-refractivity contribution is 5.91. The monoisotopic (exact) mass is 228 g/mol. The third kappa shape index (κ3) is 2.12. The summed E-state index contributed by atoms with van der Waals surface area (Å²) in [6.07, 6.45) is 7.23. The van der Waals surface area contributed by atoms with Crippen molar-refractivity contribution < 1.29 is 9.90 Å². The fraction of sp³-hybridized carbons (Fsp3) is 0.400. The Bertz CT molecular complexity index is 496. The number of allylic oxidation sites excluding steroid dienone is 1. The quantitative estimate of drug-likeness (QED) is 0.807. The Balaban J connectivity index is 1.98. The molecule has 0 atom stereocenters. The predicted molar refractivity (Wildman–Crippen MR) is 66.8 cm³/mol. The molecule has 0 aliphatic heterocycles. The second-order valence-electron chi connectivity index (χ2n) is 5.05. The topological polar surface area (TPSA) is 37.3 Å². The zero-order valence-corrected chi connectivity index (χ0v) is 9.78. The van der Waals surface area contributed by atoms with E-state index >= 15 is 0 Å². The number of hydrogen-bond acceptors (Lipinski definition) is 1. The maximum atomic E-state index is 10.9. The van der Waals surface area contributed by atoms with Crippen LogP contribution in [0.1, 0.15) is 36.0 Å². The van der Waals surface area contributed by atoms with Crippen LogP contribution in [-0.4, -0.2) is 11.1 Å². The molecule has 0 heterocycles. The summed E-state index contributed by atoms with van der Waals surface area (Å²) in [5, 5.41) is 8.94. The highest BCUT2D eigenvalue weighted by Gasteiger charge is 2.28. The Morgan fingerprint density at radius 1 is 1.24 bits per heavy atom. The van der Waals surface area contributed by atoms with Gasteiger partial charge in [-0.15, -0.1) is 0 Å². The van der Waals surface area contributed by atoms with Crippen molar-refractivity contribution in [3.63, 3.8) is 0 Å². The van der Waals surface area contributed by atoms with Crippen LogP contribution in [-0.2, 0) is 17.6 Å². The van der Waals surface area contributed by atoms with Crippen molar-refractivity contribution in [1.82, 2.24) is 0 Å². The van der Waals surface area contributed by atoms with Crippen molar-refractivity contribution in [2.75, 3.05) is 0 Å². The van der Waals surface area contributed by atoms with Gasteiger partial charge in [0.2, 0.25) is 0 Å². The number of carboxylic acids is 1. The van der Waals surface area contributed by atoms with E-state index < -0.39 is 5.97 Å². The molecule has 0 amide bonds. The molecule has 1 saturated carbocycles. The number of aliphatic carboxylic acids is 1. The Morgan fingerprint density at radius 2 is 2.00 bits per heavy atom. The van der Waals surface area contributed by atoms with Crippen molar-refractivity contribution in [3.8, 4) is 0 Å². The molecule has 88 valence electrons. The molecule has 0 aromatic heterocycles. The van der Waals surface area contributed by atoms with Crippen LogP contribution in [0.4, 0.5) is 0 Å². The van der Waals surface area contributed by atoms with Gasteiger partial charge in [0, 0.05) is 6.08 Å². The van der Waals surface area contributed by atoms with Gasteiger partial charge in [-0.05, 0) is 60.3 Å². The van der Waals surface area contributed by atoms with Crippen LogP contribution in [0.25, 0.3) is 5.57 Å². The number of rotatable bonds is 3. The first-order chi connectivity index (χ1) is 8.24. The summed E-state index contributed by atoms with van der Waals surface area (Å²) >= 11 is 0. The Kier molecular flexibility index (Phi) is 2.50. The largest absolute Gasteiger partial charge is 0.478 e. The van der Waals surface area contributed by atoms with Crippen LogP contribution in [0.3, 0.4) is 0 Å². The maximum absolute atomic E-state index is 10.9. The van der Waals surface area contributed by atoms with E-state index in [0.29, 0.717) is 5.92 Å². The van der Waals surface area contributed by atoms with Crippen LogP contribution in [0.5, 0.6) is 0 Å². The first kappa shape index (κ1) is 10.6. The van der Waals surface area contributed by atoms with Crippen LogP contribution in [0.2, 0.25) is 0 Å². The highest BCUT2D eigenvalue weighted by atomic mass is 16.4. The van der Waals surface area contributed by atoms with Gasteiger partial charge in [0.05, 0.1) is 0 Å². The zero-order valence-electron chi connectivity index (χ0n) is 9.78. The minimum absolute atomic E-state index is 0.477. The van der Waals surface area contributed by atoms with E-state index in [1.54, 1.807) is 0 Å². The average Bonchev–Trinajstić information content (AvgIpc) is 3.03. The average molecular weight is 228 g/mol. The lowest BCUT2D eigenvalue weighted by molar-refractivity contribution is -0.131. The molecule has 2 heteroatoms.